The highest BCUT2D eigenvalue weighted by molar-refractivity contribution is 7.10. The first-order valence-electron chi connectivity index (χ1n) is 8.41. The molecule has 1 aliphatic rings. The average Bonchev–Trinajstić information content (AvgIpc) is 3.31. The molecule has 0 radical (unpaired) electrons. The largest absolute Gasteiger partial charge is 0.352 e. The zero-order chi connectivity index (χ0) is 16.6. The monoisotopic (exact) mass is 345 g/mol. The number of amides is 2. The van der Waals surface area contributed by atoms with Crippen molar-refractivity contribution in [1.29, 1.82) is 0 Å². The molecular formula is C17H23N5OS. The number of urea groups is 1. The predicted molar refractivity (Wildman–Crippen MR) is 96.1 cm³/mol. The van der Waals surface area contributed by atoms with E-state index in [1.807, 2.05) is 6.07 Å². The van der Waals surface area contributed by atoms with Crippen molar-refractivity contribution in [2.75, 3.05) is 18.4 Å². The van der Waals surface area contributed by atoms with E-state index >= 15 is 0 Å². The van der Waals surface area contributed by atoms with Crippen molar-refractivity contribution in [3.63, 3.8) is 0 Å². The van der Waals surface area contributed by atoms with Crippen LogP contribution in [0.2, 0.25) is 0 Å². The van der Waals surface area contributed by atoms with Gasteiger partial charge in [0.15, 0.2) is 0 Å². The molecule has 6 nitrogen and oxygen atoms in total. The lowest BCUT2D eigenvalue weighted by Crippen LogP contribution is -2.41. The van der Waals surface area contributed by atoms with E-state index in [-0.39, 0.29) is 12.1 Å². The molecule has 1 aliphatic carbocycles. The van der Waals surface area contributed by atoms with Gasteiger partial charge in [-0.2, -0.15) is 0 Å². The second kappa shape index (κ2) is 8.63. The Morgan fingerprint density at radius 1 is 1.21 bits per heavy atom. The van der Waals surface area contributed by atoms with Crippen molar-refractivity contribution in [1.82, 2.24) is 20.6 Å². The van der Waals surface area contributed by atoms with Gasteiger partial charge in [0, 0.05) is 30.4 Å². The fourth-order valence-corrected chi connectivity index (χ4v) is 3.98. The highest BCUT2D eigenvalue weighted by atomic mass is 32.1. The smallest absolute Gasteiger partial charge is 0.315 e. The van der Waals surface area contributed by atoms with Crippen LogP contribution in [0.1, 0.15) is 36.6 Å². The Morgan fingerprint density at radius 2 is 2.00 bits per heavy atom. The number of carbonyl (C=O) groups excluding carboxylic acids is 1. The SMILES string of the molecule is O=C(NCCNc1ncccn1)N[C@H](c1cccs1)C1CCCC1. The van der Waals surface area contributed by atoms with Crippen molar-refractivity contribution < 1.29 is 4.79 Å². The van der Waals surface area contributed by atoms with E-state index in [9.17, 15) is 4.79 Å². The molecule has 1 fully saturated rings. The maximum atomic E-state index is 12.2. The molecule has 2 aromatic rings. The summed E-state index contributed by atoms with van der Waals surface area (Å²) < 4.78 is 0. The van der Waals surface area contributed by atoms with E-state index in [1.54, 1.807) is 29.8 Å². The predicted octanol–water partition coefficient (Wildman–Crippen LogP) is 3.18. The highest BCUT2D eigenvalue weighted by Crippen LogP contribution is 2.37. The second-order valence-electron chi connectivity index (χ2n) is 5.94. The minimum atomic E-state index is -0.115. The van der Waals surface area contributed by atoms with E-state index in [0.29, 0.717) is 25.0 Å². The summed E-state index contributed by atoms with van der Waals surface area (Å²) in [5.74, 6) is 1.12. The van der Waals surface area contributed by atoms with Gasteiger partial charge in [0.25, 0.3) is 0 Å². The molecule has 0 spiro atoms. The van der Waals surface area contributed by atoms with E-state index < -0.39 is 0 Å². The number of nitrogens with zero attached hydrogens (tertiary/aromatic N) is 2. The molecule has 7 heteroatoms. The van der Waals surface area contributed by atoms with E-state index in [4.69, 9.17) is 0 Å². The molecule has 0 bridgehead atoms. The third-order valence-corrected chi connectivity index (χ3v) is 5.22. The van der Waals surface area contributed by atoms with E-state index in [0.717, 1.165) is 0 Å². The van der Waals surface area contributed by atoms with Crippen molar-refractivity contribution in [3.05, 3.63) is 40.8 Å². The van der Waals surface area contributed by atoms with Crippen LogP contribution < -0.4 is 16.0 Å². The van der Waals surface area contributed by atoms with Crippen LogP contribution in [0.3, 0.4) is 0 Å². The molecule has 24 heavy (non-hydrogen) atoms. The van der Waals surface area contributed by atoms with Crippen LogP contribution in [0, 0.1) is 5.92 Å². The van der Waals surface area contributed by atoms with Gasteiger partial charge in [-0.15, -0.1) is 11.3 Å². The molecular weight excluding hydrogens is 322 g/mol. The minimum absolute atomic E-state index is 0.115. The summed E-state index contributed by atoms with van der Waals surface area (Å²) in [6.45, 7) is 1.11. The summed E-state index contributed by atoms with van der Waals surface area (Å²) in [6, 6.07) is 5.94. The molecule has 0 saturated heterocycles. The first-order valence-corrected chi connectivity index (χ1v) is 9.29. The van der Waals surface area contributed by atoms with E-state index in [2.05, 4.69) is 37.4 Å². The molecule has 0 aliphatic heterocycles. The van der Waals surface area contributed by atoms with Crippen LogP contribution in [-0.2, 0) is 0 Å². The minimum Gasteiger partial charge on any atom is -0.352 e. The second-order valence-corrected chi connectivity index (χ2v) is 6.92. The van der Waals surface area contributed by atoms with Gasteiger partial charge in [0.1, 0.15) is 0 Å². The lowest BCUT2D eigenvalue weighted by Gasteiger charge is -2.24. The standard InChI is InChI=1S/C17H23N5OS/c23-17(21-11-10-20-16-18-8-4-9-19-16)22-15(13-5-1-2-6-13)14-7-3-12-24-14/h3-4,7-9,12-13,15H,1-2,5-6,10-11H2,(H,18,19,20)(H2,21,22,23)/t15-/m0/s1. The third-order valence-electron chi connectivity index (χ3n) is 4.27. The van der Waals surface area contributed by atoms with Crippen molar-refractivity contribution in [2.45, 2.75) is 31.7 Å². The zero-order valence-electron chi connectivity index (χ0n) is 13.6. The summed E-state index contributed by atoms with van der Waals surface area (Å²) in [4.78, 5) is 21.6. The molecule has 128 valence electrons. The third kappa shape index (κ3) is 4.67. The number of nitrogens with one attached hydrogen (secondary N) is 3. The van der Waals surface area contributed by atoms with Crippen LogP contribution in [0.15, 0.2) is 36.0 Å². The summed E-state index contributed by atoms with van der Waals surface area (Å²) in [5.41, 5.74) is 0. The Hall–Kier alpha value is -2.15. The Balaban J connectivity index is 1.45. The summed E-state index contributed by atoms with van der Waals surface area (Å²) >= 11 is 1.71. The topological polar surface area (TPSA) is 78.9 Å². The summed E-state index contributed by atoms with van der Waals surface area (Å²) in [6.07, 6.45) is 8.27. The molecule has 3 N–H and O–H groups in total. The number of thiophene rings is 1. The number of hydrogen-bond donors (Lipinski definition) is 3. The van der Waals surface area contributed by atoms with Crippen LogP contribution in [0.25, 0.3) is 0 Å². The average molecular weight is 345 g/mol. The van der Waals surface area contributed by atoms with Gasteiger partial charge >= 0.3 is 6.03 Å². The van der Waals surface area contributed by atoms with Crippen LogP contribution in [-0.4, -0.2) is 29.1 Å². The fourth-order valence-electron chi connectivity index (χ4n) is 3.11. The number of anilines is 1. The maximum absolute atomic E-state index is 12.2. The maximum Gasteiger partial charge on any atom is 0.315 e. The van der Waals surface area contributed by atoms with Crippen LogP contribution >= 0.6 is 11.3 Å². The van der Waals surface area contributed by atoms with Gasteiger partial charge in [0.05, 0.1) is 6.04 Å². The lowest BCUT2D eigenvalue weighted by molar-refractivity contribution is 0.232. The molecule has 1 saturated carbocycles. The van der Waals surface area contributed by atoms with Crippen molar-refractivity contribution in [3.8, 4) is 0 Å². The van der Waals surface area contributed by atoms with Gasteiger partial charge < -0.3 is 16.0 Å². The molecule has 2 amide bonds. The molecule has 1 atom stereocenters. The first-order chi connectivity index (χ1) is 11.8. The Kier molecular flexibility index (Phi) is 6.01. The normalized spacial score (nSPS) is 15.8. The number of carbonyl (C=O) groups is 1. The molecule has 3 rings (SSSR count). The van der Waals surface area contributed by atoms with Gasteiger partial charge in [-0.25, -0.2) is 14.8 Å². The van der Waals surface area contributed by atoms with Crippen LogP contribution in [0.4, 0.5) is 10.7 Å². The van der Waals surface area contributed by atoms with Gasteiger partial charge in [0.2, 0.25) is 5.95 Å². The van der Waals surface area contributed by atoms with Crippen molar-refractivity contribution >= 4 is 23.3 Å². The summed E-state index contributed by atoms with van der Waals surface area (Å²) in [7, 11) is 0. The quantitative estimate of drug-likeness (QED) is 0.674. The highest BCUT2D eigenvalue weighted by Gasteiger charge is 2.28. The fraction of sp³-hybridized carbons (Fsp3) is 0.471. The Morgan fingerprint density at radius 3 is 2.71 bits per heavy atom. The molecule has 2 heterocycles. The van der Waals surface area contributed by atoms with Gasteiger partial charge in [-0.1, -0.05) is 18.9 Å². The first kappa shape index (κ1) is 16.7. The Labute approximate surface area is 146 Å². The number of hydrogen-bond acceptors (Lipinski definition) is 5. The number of aromatic nitrogens is 2. The van der Waals surface area contributed by atoms with Gasteiger partial charge in [-0.05, 0) is 36.3 Å². The number of rotatable bonds is 7. The molecule has 0 unspecified atom stereocenters. The molecule has 0 aromatic carbocycles. The van der Waals surface area contributed by atoms with Crippen LogP contribution in [0.5, 0.6) is 0 Å². The lowest BCUT2D eigenvalue weighted by atomic mass is 9.97. The molecule has 2 aromatic heterocycles. The van der Waals surface area contributed by atoms with Crippen molar-refractivity contribution in [2.24, 2.45) is 5.92 Å². The van der Waals surface area contributed by atoms with E-state index in [1.165, 1.54) is 30.6 Å². The zero-order valence-corrected chi connectivity index (χ0v) is 14.4. The summed E-state index contributed by atoms with van der Waals surface area (Å²) in [5, 5.41) is 11.2. The Bertz CT molecular complexity index is 613. The van der Waals surface area contributed by atoms with Gasteiger partial charge in [-0.3, -0.25) is 0 Å².